The van der Waals surface area contributed by atoms with Gasteiger partial charge in [0.15, 0.2) is 0 Å². The molecule has 0 saturated carbocycles. The van der Waals surface area contributed by atoms with E-state index in [2.05, 4.69) is 36.1 Å². The van der Waals surface area contributed by atoms with E-state index in [0.717, 1.165) is 19.6 Å². The van der Waals surface area contributed by atoms with E-state index < -0.39 is 0 Å². The lowest BCUT2D eigenvalue weighted by molar-refractivity contribution is 0.0392. The number of piperazine rings is 1. The average molecular weight is 251 g/mol. The monoisotopic (exact) mass is 251 g/mol. The molecule has 1 amide bonds. The van der Waals surface area contributed by atoms with Gasteiger partial charge in [0.1, 0.15) is 5.69 Å². The molecule has 6 nitrogen and oxygen atoms in total. The molecule has 1 fully saturated rings. The standard InChI is InChI=1S/C12H21N5O/c1-9(2)11-8-15(3)5-6-17(11)12(18)10-7-13-14-16(10)4/h7,9,11H,5-6,8H2,1-4H3. The van der Waals surface area contributed by atoms with Crippen LogP contribution >= 0.6 is 0 Å². The van der Waals surface area contributed by atoms with Gasteiger partial charge in [-0.05, 0) is 13.0 Å². The van der Waals surface area contributed by atoms with Crippen molar-refractivity contribution in [1.29, 1.82) is 0 Å². The van der Waals surface area contributed by atoms with Crippen molar-refractivity contribution < 1.29 is 4.79 Å². The zero-order valence-electron chi connectivity index (χ0n) is 11.5. The van der Waals surface area contributed by atoms with Crippen molar-refractivity contribution in [2.24, 2.45) is 13.0 Å². The maximum Gasteiger partial charge on any atom is 0.274 e. The maximum absolute atomic E-state index is 12.5. The second-order valence-electron chi connectivity index (χ2n) is 5.32. The molecule has 1 aliphatic heterocycles. The lowest BCUT2D eigenvalue weighted by Crippen LogP contribution is -2.56. The van der Waals surface area contributed by atoms with Crippen molar-refractivity contribution >= 4 is 5.91 Å². The molecule has 1 aliphatic rings. The van der Waals surface area contributed by atoms with Crippen molar-refractivity contribution in [3.63, 3.8) is 0 Å². The first-order valence-corrected chi connectivity index (χ1v) is 6.35. The highest BCUT2D eigenvalue weighted by Gasteiger charge is 2.32. The number of aromatic nitrogens is 3. The predicted molar refractivity (Wildman–Crippen MR) is 68.2 cm³/mol. The summed E-state index contributed by atoms with van der Waals surface area (Å²) in [5, 5.41) is 7.60. The van der Waals surface area contributed by atoms with Crippen molar-refractivity contribution in [2.45, 2.75) is 19.9 Å². The summed E-state index contributed by atoms with van der Waals surface area (Å²) in [4.78, 5) is 16.7. The minimum atomic E-state index is 0.0364. The fourth-order valence-corrected chi connectivity index (χ4v) is 2.41. The third-order valence-electron chi connectivity index (χ3n) is 3.59. The van der Waals surface area contributed by atoms with Crippen molar-refractivity contribution in [3.05, 3.63) is 11.9 Å². The molecule has 1 aromatic heterocycles. The summed E-state index contributed by atoms with van der Waals surface area (Å²) in [6.45, 7) is 6.93. The Hall–Kier alpha value is -1.43. The lowest BCUT2D eigenvalue weighted by atomic mass is 9.99. The van der Waals surface area contributed by atoms with Crippen molar-refractivity contribution in [2.75, 3.05) is 26.7 Å². The SMILES string of the molecule is CC(C)C1CN(C)CCN1C(=O)c1cnnn1C. The van der Waals surface area contributed by atoms with E-state index in [9.17, 15) is 4.79 Å². The molecular formula is C12H21N5O. The lowest BCUT2D eigenvalue weighted by Gasteiger charge is -2.42. The van der Waals surface area contributed by atoms with E-state index in [4.69, 9.17) is 0 Å². The van der Waals surface area contributed by atoms with E-state index in [0.29, 0.717) is 11.6 Å². The second kappa shape index (κ2) is 5.06. The Morgan fingerprint density at radius 2 is 2.11 bits per heavy atom. The first kappa shape index (κ1) is 13.0. The molecule has 1 unspecified atom stereocenters. The van der Waals surface area contributed by atoms with Crippen LogP contribution in [0.4, 0.5) is 0 Å². The van der Waals surface area contributed by atoms with Crippen LogP contribution in [0.15, 0.2) is 6.20 Å². The fourth-order valence-electron chi connectivity index (χ4n) is 2.41. The Morgan fingerprint density at radius 3 is 2.67 bits per heavy atom. The molecule has 18 heavy (non-hydrogen) atoms. The van der Waals surface area contributed by atoms with Gasteiger partial charge in [-0.25, -0.2) is 4.68 Å². The van der Waals surface area contributed by atoms with Crippen LogP contribution in [0.3, 0.4) is 0 Å². The molecule has 6 heteroatoms. The van der Waals surface area contributed by atoms with Gasteiger partial charge < -0.3 is 9.80 Å². The van der Waals surface area contributed by atoms with Gasteiger partial charge in [0.05, 0.1) is 6.20 Å². The second-order valence-corrected chi connectivity index (χ2v) is 5.32. The van der Waals surface area contributed by atoms with Crippen molar-refractivity contribution in [3.8, 4) is 0 Å². The normalized spacial score (nSPS) is 21.6. The Kier molecular flexibility index (Phi) is 3.65. The number of aryl methyl sites for hydroxylation is 1. The van der Waals surface area contributed by atoms with Gasteiger partial charge in [-0.2, -0.15) is 0 Å². The minimum absolute atomic E-state index is 0.0364. The molecule has 1 atom stereocenters. The van der Waals surface area contributed by atoms with Gasteiger partial charge in [0.2, 0.25) is 0 Å². The number of carbonyl (C=O) groups is 1. The predicted octanol–water partition coefficient (Wildman–Crippen LogP) is 0.227. The summed E-state index contributed by atoms with van der Waals surface area (Å²) < 4.78 is 1.54. The molecule has 2 rings (SSSR count). The molecular weight excluding hydrogens is 230 g/mol. The highest BCUT2D eigenvalue weighted by molar-refractivity contribution is 5.92. The summed E-state index contributed by atoms with van der Waals surface area (Å²) in [5.41, 5.74) is 0.560. The molecule has 0 bridgehead atoms. The third-order valence-corrected chi connectivity index (χ3v) is 3.59. The van der Waals surface area contributed by atoms with Gasteiger partial charge in [-0.1, -0.05) is 19.1 Å². The number of carbonyl (C=O) groups excluding carboxylic acids is 1. The van der Waals surface area contributed by atoms with Gasteiger partial charge in [-0.3, -0.25) is 4.79 Å². The van der Waals surface area contributed by atoms with Gasteiger partial charge in [-0.15, -0.1) is 5.10 Å². The molecule has 0 aromatic carbocycles. The van der Waals surface area contributed by atoms with E-state index in [1.807, 2.05) is 4.90 Å². The highest BCUT2D eigenvalue weighted by atomic mass is 16.2. The van der Waals surface area contributed by atoms with E-state index >= 15 is 0 Å². The Labute approximate surface area is 108 Å². The molecule has 0 N–H and O–H groups in total. The molecule has 0 spiro atoms. The summed E-state index contributed by atoms with van der Waals surface area (Å²) in [6, 6.07) is 0.256. The van der Waals surface area contributed by atoms with Crippen LogP contribution < -0.4 is 0 Å². The van der Waals surface area contributed by atoms with Crippen molar-refractivity contribution in [1.82, 2.24) is 24.8 Å². The first-order chi connectivity index (χ1) is 8.50. The number of hydrogen-bond donors (Lipinski definition) is 0. The Bertz CT molecular complexity index is 428. The maximum atomic E-state index is 12.5. The zero-order valence-corrected chi connectivity index (χ0v) is 11.5. The molecule has 1 saturated heterocycles. The molecule has 2 heterocycles. The Morgan fingerprint density at radius 1 is 1.39 bits per heavy atom. The third kappa shape index (κ3) is 2.38. The van der Waals surface area contributed by atoms with E-state index in [1.165, 1.54) is 10.9 Å². The highest BCUT2D eigenvalue weighted by Crippen LogP contribution is 2.18. The number of amides is 1. The summed E-state index contributed by atoms with van der Waals surface area (Å²) in [5.74, 6) is 0.479. The van der Waals surface area contributed by atoms with Crippen LogP contribution in [0, 0.1) is 5.92 Å². The summed E-state index contributed by atoms with van der Waals surface area (Å²) in [7, 11) is 3.85. The largest absolute Gasteiger partial charge is 0.331 e. The molecule has 1 aromatic rings. The number of hydrogen-bond acceptors (Lipinski definition) is 4. The topological polar surface area (TPSA) is 54.3 Å². The minimum Gasteiger partial charge on any atom is -0.331 e. The summed E-state index contributed by atoms with van der Waals surface area (Å²) >= 11 is 0. The smallest absolute Gasteiger partial charge is 0.274 e. The van der Waals surface area contributed by atoms with Gasteiger partial charge >= 0.3 is 0 Å². The van der Waals surface area contributed by atoms with Crippen LogP contribution in [-0.2, 0) is 7.05 Å². The van der Waals surface area contributed by atoms with Crippen LogP contribution in [0.2, 0.25) is 0 Å². The van der Waals surface area contributed by atoms with Gasteiger partial charge in [0, 0.05) is 32.7 Å². The van der Waals surface area contributed by atoms with Crippen LogP contribution in [0.5, 0.6) is 0 Å². The average Bonchev–Trinajstić information content (AvgIpc) is 2.74. The Balaban J connectivity index is 2.20. The number of likely N-dealkylation sites (N-methyl/N-ethyl adjacent to an activating group) is 1. The zero-order chi connectivity index (χ0) is 13.3. The number of rotatable bonds is 2. The summed E-state index contributed by atoms with van der Waals surface area (Å²) in [6.07, 6.45) is 1.54. The first-order valence-electron chi connectivity index (χ1n) is 6.35. The quantitative estimate of drug-likeness (QED) is 0.755. The number of nitrogens with zero attached hydrogens (tertiary/aromatic N) is 5. The molecule has 0 aliphatic carbocycles. The van der Waals surface area contributed by atoms with Gasteiger partial charge in [0.25, 0.3) is 5.91 Å². The van der Waals surface area contributed by atoms with Crippen LogP contribution in [-0.4, -0.2) is 63.4 Å². The molecule has 0 radical (unpaired) electrons. The fraction of sp³-hybridized carbons (Fsp3) is 0.750. The van der Waals surface area contributed by atoms with Crippen LogP contribution in [0.25, 0.3) is 0 Å². The van der Waals surface area contributed by atoms with E-state index in [1.54, 1.807) is 7.05 Å². The van der Waals surface area contributed by atoms with E-state index in [-0.39, 0.29) is 11.9 Å². The molecule has 100 valence electrons. The van der Waals surface area contributed by atoms with Crippen LogP contribution in [0.1, 0.15) is 24.3 Å².